The van der Waals surface area contributed by atoms with Gasteiger partial charge in [-0.3, -0.25) is 0 Å². The van der Waals surface area contributed by atoms with E-state index in [0.717, 1.165) is 11.6 Å². The molecule has 19 heavy (non-hydrogen) atoms. The first kappa shape index (κ1) is 13.4. The van der Waals surface area contributed by atoms with Gasteiger partial charge in [0, 0.05) is 12.2 Å². The largest absolute Gasteiger partial charge is 0.418 e. The van der Waals surface area contributed by atoms with Crippen LogP contribution in [0.25, 0.3) is 0 Å². The minimum absolute atomic E-state index is 0.00610. The molecule has 0 radical (unpaired) electrons. The summed E-state index contributed by atoms with van der Waals surface area (Å²) in [6.07, 6.45) is -4.48. The van der Waals surface area contributed by atoms with Gasteiger partial charge < -0.3 is 5.32 Å². The average Bonchev–Trinajstić information content (AvgIpc) is 2.88. The molecular formula is C13H9F3N2S. The number of nitrogens with one attached hydrogen (secondary N) is 1. The minimum atomic E-state index is -4.48. The van der Waals surface area contributed by atoms with Crippen molar-refractivity contribution in [3.05, 3.63) is 51.7 Å². The van der Waals surface area contributed by atoms with E-state index < -0.39 is 11.7 Å². The van der Waals surface area contributed by atoms with Gasteiger partial charge in [-0.2, -0.15) is 29.8 Å². The van der Waals surface area contributed by atoms with E-state index in [1.165, 1.54) is 23.5 Å². The molecule has 98 valence electrons. The zero-order valence-electron chi connectivity index (χ0n) is 9.66. The smallest absolute Gasteiger partial charge is 0.380 e. The van der Waals surface area contributed by atoms with E-state index >= 15 is 0 Å². The SMILES string of the molecule is N#Cc1ccc(NCc2ccsc2)c(C(F)(F)F)c1. The predicted octanol–water partition coefficient (Wildman–Crippen LogP) is 4.25. The van der Waals surface area contributed by atoms with E-state index in [2.05, 4.69) is 5.32 Å². The lowest BCUT2D eigenvalue weighted by Gasteiger charge is -2.14. The number of nitrogens with zero attached hydrogens (tertiary/aromatic N) is 1. The van der Waals surface area contributed by atoms with Gasteiger partial charge in [0.15, 0.2) is 0 Å². The number of hydrogen-bond acceptors (Lipinski definition) is 3. The van der Waals surface area contributed by atoms with Crippen LogP contribution < -0.4 is 5.32 Å². The molecule has 2 aromatic rings. The molecule has 0 saturated carbocycles. The number of benzene rings is 1. The van der Waals surface area contributed by atoms with Gasteiger partial charge in [-0.15, -0.1) is 0 Å². The van der Waals surface area contributed by atoms with E-state index in [1.54, 1.807) is 6.07 Å². The maximum absolute atomic E-state index is 12.9. The van der Waals surface area contributed by atoms with Crippen molar-refractivity contribution >= 4 is 17.0 Å². The Morgan fingerprint density at radius 2 is 2.05 bits per heavy atom. The summed E-state index contributed by atoms with van der Waals surface area (Å²) in [5, 5.41) is 15.1. The molecule has 0 aliphatic heterocycles. The molecule has 0 spiro atoms. The van der Waals surface area contributed by atoms with Crippen LogP contribution in [-0.4, -0.2) is 0 Å². The van der Waals surface area contributed by atoms with Crippen LogP contribution in [0.3, 0.4) is 0 Å². The fraction of sp³-hybridized carbons (Fsp3) is 0.154. The van der Waals surface area contributed by atoms with E-state index in [4.69, 9.17) is 5.26 Å². The standard InChI is InChI=1S/C13H9F3N2S/c14-13(15,16)11-5-9(6-17)1-2-12(11)18-7-10-3-4-19-8-10/h1-5,8,18H,7H2. The molecule has 1 aromatic heterocycles. The van der Waals surface area contributed by atoms with Crippen molar-refractivity contribution < 1.29 is 13.2 Å². The van der Waals surface area contributed by atoms with Crippen LogP contribution in [0.5, 0.6) is 0 Å². The molecule has 6 heteroatoms. The fourth-order valence-corrected chi connectivity index (χ4v) is 2.26. The van der Waals surface area contributed by atoms with E-state index in [1.807, 2.05) is 16.8 Å². The second-order valence-corrected chi connectivity index (χ2v) is 4.64. The summed E-state index contributed by atoms with van der Waals surface area (Å²) in [5.74, 6) is 0. The van der Waals surface area contributed by atoms with Crippen LogP contribution in [0.15, 0.2) is 35.0 Å². The summed E-state index contributed by atoms with van der Waals surface area (Å²) in [5.41, 5.74) is 0.0790. The van der Waals surface area contributed by atoms with Gasteiger partial charge in [0.1, 0.15) is 0 Å². The summed E-state index contributed by atoms with van der Waals surface area (Å²) >= 11 is 1.49. The highest BCUT2D eigenvalue weighted by atomic mass is 32.1. The third kappa shape index (κ3) is 3.26. The second kappa shape index (κ2) is 5.33. The van der Waals surface area contributed by atoms with Gasteiger partial charge in [-0.05, 0) is 40.6 Å². The molecule has 1 N–H and O–H groups in total. The van der Waals surface area contributed by atoms with Crippen LogP contribution in [0, 0.1) is 11.3 Å². The monoisotopic (exact) mass is 282 g/mol. The predicted molar refractivity (Wildman–Crippen MR) is 67.8 cm³/mol. The Balaban J connectivity index is 2.27. The molecule has 1 aromatic carbocycles. The van der Waals surface area contributed by atoms with Gasteiger partial charge in [0.05, 0.1) is 17.2 Å². The van der Waals surface area contributed by atoms with E-state index in [9.17, 15) is 13.2 Å². The molecule has 2 nitrogen and oxygen atoms in total. The molecule has 0 fully saturated rings. The summed E-state index contributed by atoms with van der Waals surface area (Å²) in [4.78, 5) is 0. The van der Waals surface area contributed by atoms with Crippen molar-refractivity contribution in [2.24, 2.45) is 0 Å². The molecular weight excluding hydrogens is 273 g/mol. The van der Waals surface area contributed by atoms with Crippen molar-refractivity contribution in [2.45, 2.75) is 12.7 Å². The quantitative estimate of drug-likeness (QED) is 0.913. The zero-order chi connectivity index (χ0) is 13.9. The van der Waals surface area contributed by atoms with Crippen molar-refractivity contribution in [3.8, 4) is 6.07 Å². The van der Waals surface area contributed by atoms with Gasteiger partial charge in [0.25, 0.3) is 0 Å². The Hall–Kier alpha value is -2.00. The van der Waals surface area contributed by atoms with Gasteiger partial charge in [0.2, 0.25) is 0 Å². The first-order valence-corrected chi connectivity index (χ1v) is 6.31. The first-order chi connectivity index (χ1) is 9.00. The molecule has 0 atom stereocenters. The number of hydrogen-bond donors (Lipinski definition) is 1. The third-order valence-electron chi connectivity index (χ3n) is 2.52. The number of rotatable bonds is 3. The molecule has 0 amide bonds. The van der Waals surface area contributed by atoms with Crippen LogP contribution in [0.1, 0.15) is 16.7 Å². The number of halogens is 3. The maximum Gasteiger partial charge on any atom is 0.418 e. The molecule has 0 bridgehead atoms. The fourth-order valence-electron chi connectivity index (χ4n) is 1.59. The highest BCUT2D eigenvalue weighted by Gasteiger charge is 2.33. The summed E-state index contributed by atoms with van der Waals surface area (Å²) in [6.45, 7) is 0.318. The van der Waals surface area contributed by atoms with Crippen LogP contribution in [0.2, 0.25) is 0 Å². The summed E-state index contributed by atoms with van der Waals surface area (Å²) in [7, 11) is 0. The van der Waals surface area contributed by atoms with Gasteiger partial charge in [-0.1, -0.05) is 0 Å². The lowest BCUT2D eigenvalue weighted by Crippen LogP contribution is -2.11. The van der Waals surface area contributed by atoms with E-state index in [0.29, 0.717) is 6.54 Å². The van der Waals surface area contributed by atoms with Gasteiger partial charge in [-0.25, -0.2) is 0 Å². The van der Waals surface area contributed by atoms with Gasteiger partial charge >= 0.3 is 6.18 Å². The Labute approximate surface area is 112 Å². The summed E-state index contributed by atoms with van der Waals surface area (Å²) < 4.78 is 38.6. The topological polar surface area (TPSA) is 35.8 Å². The first-order valence-electron chi connectivity index (χ1n) is 5.37. The molecule has 0 saturated heterocycles. The lowest BCUT2D eigenvalue weighted by atomic mass is 10.1. The number of thiophene rings is 1. The van der Waals surface area contributed by atoms with Crippen molar-refractivity contribution in [3.63, 3.8) is 0 Å². The average molecular weight is 282 g/mol. The Morgan fingerprint density at radius 3 is 2.63 bits per heavy atom. The zero-order valence-corrected chi connectivity index (χ0v) is 10.5. The summed E-state index contributed by atoms with van der Waals surface area (Å²) in [6, 6.07) is 7.06. The lowest BCUT2D eigenvalue weighted by molar-refractivity contribution is -0.137. The van der Waals surface area contributed by atoms with Crippen LogP contribution >= 0.6 is 11.3 Å². The van der Waals surface area contributed by atoms with Crippen molar-refractivity contribution in [1.29, 1.82) is 5.26 Å². The molecule has 0 aliphatic rings. The number of nitriles is 1. The Kier molecular flexibility index (Phi) is 3.76. The number of alkyl halides is 3. The second-order valence-electron chi connectivity index (χ2n) is 3.86. The van der Waals surface area contributed by atoms with Crippen molar-refractivity contribution in [2.75, 3.05) is 5.32 Å². The third-order valence-corrected chi connectivity index (χ3v) is 3.25. The minimum Gasteiger partial charge on any atom is -0.380 e. The van der Waals surface area contributed by atoms with Crippen molar-refractivity contribution in [1.82, 2.24) is 0 Å². The molecule has 0 unspecified atom stereocenters. The van der Waals surface area contributed by atoms with E-state index in [-0.39, 0.29) is 11.3 Å². The highest BCUT2D eigenvalue weighted by Crippen LogP contribution is 2.35. The Morgan fingerprint density at radius 1 is 1.26 bits per heavy atom. The van der Waals surface area contributed by atoms with Crippen LogP contribution in [-0.2, 0) is 12.7 Å². The molecule has 1 heterocycles. The molecule has 2 rings (SSSR count). The molecule has 0 aliphatic carbocycles. The Bertz CT molecular complexity index is 597. The number of anilines is 1. The van der Waals surface area contributed by atoms with Crippen LogP contribution in [0.4, 0.5) is 18.9 Å². The maximum atomic E-state index is 12.9. The highest BCUT2D eigenvalue weighted by molar-refractivity contribution is 7.07. The normalized spacial score (nSPS) is 11.1.